The van der Waals surface area contributed by atoms with Gasteiger partial charge in [0.2, 0.25) is 0 Å². The normalized spacial score (nSPS) is 10.2. The second-order valence-electron chi connectivity index (χ2n) is 4.71. The van der Waals surface area contributed by atoms with E-state index in [0.29, 0.717) is 5.56 Å². The van der Waals surface area contributed by atoms with Crippen LogP contribution < -0.4 is 0 Å². The van der Waals surface area contributed by atoms with E-state index in [1.54, 1.807) is 0 Å². The first-order valence-electron chi connectivity index (χ1n) is 6.61. The van der Waals surface area contributed by atoms with Gasteiger partial charge in [-0.15, -0.1) is 0 Å². The first-order chi connectivity index (χ1) is 10.7. The van der Waals surface area contributed by atoms with Crippen LogP contribution in [0, 0.1) is 11.3 Å². The van der Waals surface area contributed by atoms with E-state index < -0.39 is 0 Å². The molecule has 0 aliphatic carbocycles. The molecule has 1 heterocycles. The number of aromatic nitrogens is 1. The summed E-state index contributed by atoms with van der Waals surface area (Å²) in [5.41, 5.74) is 3.83. The summed E-state index contributed by atoms with van der Waals surface area (Å²) < 4.78 is 0.999. The lowest BCUT2D eigenvalue weighted by Crippen LogP contribution is -1.93. The van der Waals surface area contributed by atoms with Gasteiger partial charge in [0.05, 0.1) is 11.3 Å². The highest BCUT2D eigenvalue weighted by molar-refractivity contribution is 9.10. The van der Waals surface area contributed by atoms with Gasteiger partial charge in [0.25, 0.3) is 0 Å². The summed E-state index contributed by atoms with van der Waals surface area (Å²) in [6, 6.07) is 21.6. The van der Waals surface area contributed by atoms with E-state index >= 15 is 0 Å². The Balaban J connectivity index is 2.21. The maximum Gasteiger partial charge on any atom is 0.148 e. The molecule has 0 saturated carbocycles. The topological polar surface area (TPSA) is 36.7 Å². The van der Waals surface area contributed by atoms with E-state index in [9.17, 15) is 5.26 Å². The van der Waals surface area contributed by atoms with Crippen LogP contribution in [-0.4, -0.2) is 4.98 Å². The van der Waals surface area contributed by atoms with Crippen molar-refractivity contribution in [2.24, 2.45) is 0 Å². The second kappa shape index (κ2) is 6.31. The molecule has 3 aromatic rings. The lowest BCUT2D eigenvalue weighted by Gasteiger charge is -2.09. The monoisotopic (exact) mass is 368 g/mol. The van der Waals surface area contributed by atoms with Gasteiger partial charge in [-0.05, 0) is 23.8 Å². The van der Waals surface area contributed by atoms with Crippen molar-refractivity contribution in [2.45, 2.75) is 0 Å². The van der Waals surface area contributed by atoms with Gasteiger partial charge in [-0.2, -0.15) is 5.26 Å². The highest BCUT2D eigenvalue weighted by Crippen LogP contribution is 2.32. The molecule has 0 radical (unpaired) electrons. The minimum atomic E-state index is 0.224. The average molecular weight is 370 g/mol. The van der Waals surface area contributed by atoms with Crippen LogP contribution in [-0.2, 0) is 0 Å². The zero-order valence-corrected chi connectivity index (χ0v) is 13.8. The predicted molar refractivity (Wildman–Crippen MR) is 92.5 cm³/mol. The van der Waals surface area contributed by atoms with E-state index in [1.807, 2.05) is 60.7 Å². The molecule has 0 fully saturated rings. The van der Waals surface area contributed by atoms with Gasteiger partial charge in [-0.25, -0.2) is 4.98 Å². The molecule has 0 saturated heterocycles. The molecule has 106 valence electrons. The molecule has 2 nitrogen and oxygen atoms in total. The molecule has 0 bridgehead atoms. The Morgan fingerprint density at radius 2 is 1.64 bits per heavy atom. The Bertz CT molecular complexity index is 853. The molecule has 0 atom stereocenters. The van der Waals surface area contributed by atoms with Crippen molar-refractivity contribution in [3.63, 3.8) is 0 Å². The molecular formula is C18H10BrClN2. The molecule has 0 aliphatic heterocycles. The minimum absolute atomic E-state index is 0.224. The highest BCUT2D eigenvalue weighted by atomic mass is 79.9. The zero-order valence-electron chi connectivity index (χ0n) is 11.4. The number of pyridine rings is 1. The molecule has 0 spiro atoms. The largest absolute Gasteiger partial charge is 0.235 e. The van der Waals surface area contributed by atoms with Crippen LogP contribution in [0.5, 0.6) is 0 Å². The van der Waals surface area contributed by atoms with Gasteiger partial charge in [0.15, 0.2) is 0 Å². The number of hydrogen-bond donors (Lipinski definition) is 0. The van der Waals surface area contributed by atoms with Gasteiger partial charge in [-0.1, -0.05) is 70.0 Å². The molecule has 0 amide bonds. The Hall–Kier alpha value is -2.15. The fraction of sp³-hybridized carbons (Fsp3) is 0. The second-order valence-corrected chi connectivity index (χ2v) is 5.98. The number of nitriles is 1. The van der Waals surface area contributed by atoms with Crippen LogP contribution in [0.15, 0.2) is 65.1 Å². The van der Waals surface area contributed by atoms with E-state index in [1.165, 1.54) is 0 Å². The van der Waals surface area contributed by atoms with Crippen LogP contribution in [0.3, 0.4) is 0 Å². The molecule has 0 aliphatic rings. The van der Waals surface area contributed by atoms with Crippen LogP contribution in [0.2, 0.25) is 5.15 Å². The molecule has 1 aromatic heterocycles. The first kappa shape index (κ1) is 14.8. The van der Waals surface area contributed by atoms with E-state index in [0.717, 1.165) is 26.9 Å². The Kier molecular flexibility index (Phi) is 4.24. The number of rotatable bonds is 2. The SMILES string of the molecule is N#Cc1c(-c2ccccc2)cc(-c2ccc(Br)cc2)nc1Cl. The molecule has 4 heteroatoms. The van der Waals surface area contributed by atoms with Crippen LogP contribution >= 0.6 is 27.5 Å². The minimum Gasteiger partial charge on any atom is -0.235 e. The lowest BCUT2D eigenvalue weighted by molar-refractivity contribution is 1.30. The van der Waals surface area contributed by atoms with Gasteiger partial charge in [0, 0.05) is 15.6 Å². The smallest absolute Gasteiger partial charge is 0.148 e. The van der Waals surface area contributed by atoms with Crippen molar-refractivity contribution in [2.75, 3.05) is 0 Å². The molecule has 22 heavy (non-hydrogen) atoms. The lowest BCUT2D eigenvalue weighted by atomic mass is 9.99. The zero-order chi connectivity index (χ0) is 15.5. The van der Waals surface area contributed by atoms with Crippen LogP contribution in [0.4, 0.5) is 0 Å². The summed E-state index contributed by atoms with van der Waals surface area (Å²) in [6.07, 6.45) is 0. The maximum absolute atomic E-state index is 9.38. The molecule has 2 aromatic carbocycles. The third-order valence-electron chi connectivity index (χ3n) is 3.31. The fourth-order valence-electron chi connectivity index (χ4n) is 2.23. The van der Waals surface area contributed by atoms with Gasteiger partial charge in [-0.3, -0.25) is 0 Å². The molecule has 0 unspecified atom stereocenters. The van der Waals surface area contributed by atoms with Crippen molar-refractivity contribution in [3.8, 4) is 28.5 Å². The summed E-state index contributed by atoms with van der Waals surface area (Å²) in [6.45, 7) is 0. The number of nitrogens with zero attached hydrogens (tertiary/aromatic N) is 2. The Labute approximate surface area is 142 Å². The van der Waals surface area contributed by atoms with Crippen molar-refractivity contribution >= 4 is 27.5 Å². The van der Waals surface area contributed by atoms with Gasteiger partial charge in [0.1, 0.15) is 11.2 Å². The molecule has 3 rings (SSSR count). The van der Waals surface area contributed by atoms with Crippen molar-refractivity contribution in [3.05, 3.63) is 75.9 Å². The number of benzene rings is 2. The van der Waals surface area contributed by atoms with Crippen molar-refractivity contribution in [1.82, 2.24) is 4.98 Å². The summed E-state index contributed by atoms with van der Waals surface area (Å²) in [5, 5.41) is 9.60. The molecule has 0 N–H and O–H groups in total. The quantitative estimate of drug-likeness (QED) is 0.543. The summed E-state index contributed by atoms with van der Waals surface area (Å²) >= 11 is 9.64. The fourth-order valence-corrected chi connectivity index (χ4v) is 2.73. The maximum atomic E-state index is 9.38. The van der Waals surface area contributed by atoms with E-state index in [-0.39, 0.29) is 5.15 Å². The Morgan fingerprint density at radius 3 is 2.27 bits per heavy atom. The van der Waals surface area contributed by atoms with Gasteiger partial charge >= 0.3 is 0 Å². The third kappa shape index (κ3) is 2.89. The standard InChI is InChI=1S/C18H10BrClN2/c19-14-8-6-13(7-9-14)17-10-15(12-4-2-1-3-5-12)16(11-21)18(20)22-17/h1-10H. The van der Waals surface area contributed by atoms with Crippen LogP contribution in [0.25, 0.3) is 22.4 Å². The Morgan fingerprint density at radius 1 is 0.955 bits per heavy atom. The summed E-state index contributed by atoms with van der Waals surface area (Å²) in [5.74, 6) is 0. The highest BCUT2D eigenvalue weighted by Gasteiger charge is 2.13. The number of hydrogen-bond acceptors (Lipinski definition) is 2. The third-order valence-corrected chi connectivity index (χ3v) is 4.11. The summed E-state index contributed by atoms with van der Waals surface area (Å²) in [4.78, 5) is 4.36. The van der Waals surface area contributed by atoms with Crippen LogP contribution in [0.1, 0.15) is 5.56 Å². The number of halogens is 2. The van der Waals surface area contributed by atoms with Crippen molar-refractivity contribution in [1.29, 1.82) is 5.26 Å². The van der Waals surface area contributed by atoms with Gasteiger partial charge < -0.3 is 0 Å². The van der Waals surface area contributed by atoms with Crippen molar-refractivity contribution < 1.29 is 0 Å². The molecular weight excluding hydrogens is 360 g/mol. The van der Waals surface area contributed by atoms with E-state index in [4.69, 9.17) is 11.6 Å². The average Bonchev–Trinajstić information content (AvgIpc) is 2.55. The van der Waals surface area contributed by atoms with E-state index in [2.05, 4.69) is 27.0 Å². The predicted octanol–water partition coefficient (Wildman–Crippen LogP) is 5.70. The first-order valence-corrected chi connectivity index (χ1v) is 7.78. The summed E-state index contributed by atoms with van der Waals surface area (Å²) in [7, 11) is 0.